The zero-order valence-corrected chi connectivity index (χ0v) is 12.7. The van der Waals surface area contributed by atoms with E-state index in [1.807, 2.05) is 0 Å². The summed E-state index contributed by atoms with van der Waals surface area (Å²) in [5, 5.41) is 6.53. The van der Waals surface area contributed by atoms with E-state index in [0.29, 0.717) is 0 Å². The quantitative estimate of drug-likeness (QED) is 0.503. The lowest BCUT2D eigenvalue weighted by Gasteiger charge is -2.22. The molecule has 1 aromatic rings. The van der Waals surface area contributed by atoms with Crippen molar-refractivity contribution in [2.45, 2.75) is 38.1 Å². The van der Waals surface area contributed by atoms with E-state index in [1.165, 1.54) is 12.6 Å². The van der Waals surface area contributed by atoms with Crippen LogP contribution >= 0.6 is 0 Å². The van der Waals surface area contributed by atoms with E-state index in [-0.39, 0.29) is 6.04 Å². The van der Waals surface area contributed by atoms with Crippen molar-refractivity contribution in [2.75, 3.05) is 7.11 Å². The summed E-state index contributed by atoms with van der Waals surface area (Å²) in [6.45, 7) is 0. The Labute approximate surface area is 129 Å². The maximum atomic E-state index is 11.7. The first-order valence-electron chi connectivity index (χ1n) is 7.47. The van der Waals surface area contributed by atoms with Crippen molar-refractivity contribution in [1.29, 1.82) is 0 Å². The third-order valence-electron chi connectivity index (χ3n) is 3.64. The third-order valence-corrected chi connectivity index (χ3v) is 3.64. The maximum Gasteiger partial charge on any atom is 0.329 e. The topological polar surface area (TPSA) is 79.8 Å². The number of ether oxygens (including phenoxy) is 1. The van der Waals surface area contributed by atoms with E-state index in [4.69, 9.17) is 4.74 Å². The molecule has 0 spiro atoms. The summed E-state index contributed by atoms with van der Waals surface area (Å²) in [6, 6.07) is 7.29. The van der Waals surface area contributed by atoms with Crippen molar-refractivity contribution in [3.8, 4) is 5.75 Å². The summed E-state index contributed by atoms with van der Waals surface area (Å²) >= 11 is 0. The van der Waals surface area contributed by atoms with Crippen LogP contribution in [0.25, 0.3) is 0 Å². The molecule has 0 bridgehead atoms. The molecular weight excluding hydrogens is 282 g/mol. The predicted molar refractivity (Wildman–Crippen MR) is 83.7 cm³/mol. The number of nitrogens with zero attached hydrogens (tertiary/aromatic N) is 1. The van der Waals surface area contributed by atoms with E-state index >= 15 is 0 Å². The molecule has 6 nitrogen and oxygen atoms in total. The highest BCUT2D eigenvalue weighted by Crippen LogP contribution is 2.17. The molecule has 2 amide bonds. The molecular formula is C16H21N3O3. The fraction of sp³-hybridized carbons (Fsp3) is 0.438. The molecule has 1 aromatic carbocycles. The minimum absolute atomic E-state index is 0.109. The number of rotatable bonds is 4. The van der Waals surface area contributed by atoms with Gasteiger partial charge in [0.1, 0.15) is 5.75 Å². The maximum absolute atomic E-state index is 11.7. The van der Waals surface area contributed by atoms with E-state index in [9.17, 15) is 9.59 Å². The van der Waals surface area contributed by atoms with Crippen LogP contribution in [-0.2, 0) is 9.59 Å². The minimum Gasteiger partial charge on any atom is -0.497 e. The zero-order chi connectivity index (χ0) is 15.8. The van der Waals surface area contributed by atoms with Crippen LogP contribution in [0.4, 0.5) is 0 Å². The van der Waals surface area contributed by atoms with Gasteiger partial charge in [0.05, 0.1) is 13.3 Å². The van der Waals surface area contributed by atoms with Crippen LogP contribution in [0, 0.1) is 0 Å². The van der Waals surface area contributed by atoms with Crippen LogP contribution in [0.15, 0.2) is 29.4 Å². The Balaban J connectivity index is 1.77. The van der Waals surface area contributed by atoms with E-state index < -0.39 is 11.8 Å². The molecule has 2 N–H and O–H groups in total. The second-order valence-electron chi connectivity index (χ2n) is 5.28. The fourth-order valence-electron chi connectivity index (χ4n) is 2.40. The Hall–Kier alpha value is -2.37. The van der Waals surface area contributed by atoms with Gasteiger partial charge >= 0.3 is 11.8 Å². The van der Waals surface area contributed by atoms with Gasteiger partial charge in [0.2, 0.25) is 0 Å². The van der Waals surface area contributed by atoms with Gasteiger partial charge in [-0.3, -0.25) is 9.59 Å². The summed E-state index contributed by atoms with van der Waals surface area (Å²) < 4.78 is 5.05. The number of hydrazone groups is 1. The van der Waals surface area contributed by atoms with Gasteiger partial charge < -0.3 is 10.1 Å². The van der Waals surface area contributed by atoms with Crippen LogP contribution in [0.3, 0.4) is 0 Å². The summed E-state index contributed by atoms with van der Waals surface area (Å²) in [5.41, 5.74) is 3.04. The Morgan fingerprint density at radius 2 is 1.82 bits per heavy atom. The SMILES string of the molecule is COc1ccc(/C=N/NC(=O)C(=O)NC2CCCCC2)cc1. The molecule has 0 unspecified atom stereocenters. The predicted octanol–water partition coefficient (Wildman–Crippen LogP) is 1.59. The summed E-state index contributed by atoms with van der Waals surface area (Å²) in [6.07, 6.45) is 6.75. The molecule has 0 radical (unpaired) electrons. The number of amides is 2. The average Bonchev–Trinajstić information content (AvgIpc) is 2.56. The van der Waals surface area contributed by atoms with Crippen molar-refractivity contribution in [3.63, 3.8) is 0 Å². The first kappa shape index (κ1) is 16.0. The lowest BCUT2D eigenvalue weighted by atomic mass is 9.95. The number of methoxy groups -OCH3 is 1. The Bertz CT molecular complexity index is 534. The largest absolute Gasteiger partial charge is 0.497 e. The van der Waals surface area contributed by atoms with Crippen molar-refractivity contribution >= 4 is 18.0 Å². The van der Waals surface area contributed by atoms with Crippen LogP contribution in [0.1, 0.15) is 37.7 Å². The number of nitrogens with one attached hydrogen (secondary N) is 2. The molecule has 0 aromatic heterocycles. The highest BCUT2D eigenvalue weighted by Gasteiger charge is 2.19. The smallest absolute Gasteiger partial charge is 0.329 e. The first-order chi connectivity index (χ1) is 10.7. The zero-order valence-electron chi connectivity index (χ0n) is 12.7. The van der Waals surface area contributed by atoms with Gasteiger partial charge in [0.15, 0.2) is 0 Å². The summed E-state index contributed by atoms with van der Waals surface area (Å²) in [5.74, 6) is -0.623. The molecule has 118 valence electrons. The normalized spacial score (nSPS) is 15.5. The molecule has 1 saturated carbocycles. The van der Waals surface area contributed by atoms with Gasteiger partial charge in [-0.05, 0) is 42.7 Å². The summed E-state index contributed by atoms with van der Waals surface area (Å²) in [4.78, 5) is 23.4. The van der Waals surface area contributed by atoms with Crippen molar-refractivity contribution < 1.29 is 14.3 Å². The molecule has 6 heteroatoms. The molecule has 22 heavy (non-hydrogen) atoms. The Morgan fingerprint density at radius 3 is 2.45 bits per heavy atom. The fourth-order valence-corrected chi connectivity index (χ4v) is 2.40. The first-order valence-corrected chi connectivity index (χ1v) is 7.47. The highest BCUT2D eigenvalue weighted by molar-refractivity contribution is 6.35. The van der Waals surface area contributed by atoms with Crippen LogP contribution < -0.4 is 15.5 Å². The second-order valence-corrected chi connectivity index (χ2v) is 5.28. The molecule has 0 aliphatic heterocycles. The molecule has 1 aliphatic carbocycles. The van der Waals surface area contributed by atoms with Crippen LogP contribution in [-0.4, -0.2) is 31.2 Å². The summed E-state index contributed by atoms with van der Waals surface area (Å²) in [7, 11) is 1.59. The third kappa shape index (κ3) is 4.87. The Morgan fingerprint density at radius 1 is 1.14 bits per heavy atom. The minimum atomic E-state index is -0.740. The number of benzene rings is 1. The van der Waals surface area contributed by atoms with E-state index in [1.54, 1.807) is 31.4 Å². The van der Waals surface area contributed by atoms with Gasteiger partial charge in [0, 0.05) is 6.04 Å². The lowest BCUT2D eigenvalue weighted by Crippen LogP contribution is -2.44. The van der Waals surface area contributed by atoms with Crippen molar-refractivity contribution in [3.05, 3.63) is 29.8 Å². The number of hydrogen-bond acceptors (Lipinski definition) is 4. The van der Waals surface area contributed by atoms with Crippen molar-refractivity contribution in [1.82, 2.24) is 10.7 Å². The monoisotopic (exact) mass is 303 g/mol. The molecule has 2 rings (SSSR count). The van der Waals surface area contributed by atoms with Gasteiger partial charge in [-0.15, -0.1) is 0 Å². The van der Waals surface area contributed by atoms with Gasteiger partial charge in [-0.2, -0.15) is 5.10 Å². The van der Waals surface area contributed by atoms with Gasteiger partial charge in [-0.25, -0.2) is 5.43 Å². The molecule has 0 saturated heterocycles. The lowest BCUT2D eigenvalue weighted by molar-refractivity contribution is -0.139. The standard InChI is InChI=1S/C16H21N3O3/c1-22-14-9-7-12(8-10-14)11-17-19-16(21)15(20)18-13-5-3-2-4-6-13/h7-11,13H,2-6H2,1H3,(H,18,20)(H,19,21)/b17-11+. The molecule has 1 aliphatic rings. The number of hydrogen-bond donors (Lipinski definition) is 2. The molecule has 0 heterocycles. The van der Waals surface area contributed by atoms with E-state index in [0.717, 1.165) is 37.0 Å². The molecule has 1 fully saturated rings. The highest BCUT2D eigenvalue weighted by atomic mass is 16.5. The molecule has 0 atom stereocenters. The Kier molecular flexibility index (Phi) is 5.94. The van der Waals surface area contributed by atoms with Gasteiger partial charge in [0.25, 0.3) is 0 Å². The average molecular weight is 303 g/mol. The van der Waals surface area contributed by atoms with Crippen molar-refractivity contribution in [2.24, 2.45) is 5.10 Å². The van der Waals surface area contributed by atoms with Gasteiger partial charge in [-0.1, -0.05) is 19.3 Å². The van der Waals surface area contributed by atoms with E-state index in [2.05, 4.69) is 15.8 Å². The van der Waals surface area contributed by atoms with Crippen LogP contribution in [0.5, 0.6) is 5.75 Å². The number of carbonyl (C=O) groups excluding carboxylic acids is 2. The van der Waals surface area contributed by atoms with Crippen LogP contribution in [0.2, 0.25) is 0 Å². The second kappa shape index (κ2) is 8.17. The number of carbonyl (C=O) groups is 2.